The van der Waals surface area contributed by atoms with Crippen LogP contribution in [0, 0.1) is 41.5 Å². The van der Waals surface area contributed by atoms with E-state index < -0.39 is 0 Å². The fourth-order valence-electron chi connectivity index (χ4n) is 5.18. The average molecular weight is 417 g/mol. The molecule has 4 aromatic carbocycles. The van der Waals surface area contributed by atoms with E-state index in [0.29, 0.717) is 0 Å². The molecule has 0 radical (unpaired) electrons. The summed E-state index contributed by atoms with van der Waals surface area (Å²) in [4.78, 5) is 0. The lowest BCUT2D eigenvalue weighted by Gasteiger charge is -2.06. The van der Waals surface area contributed by atoms with Gasteiger partial charge in [0.25, 0.3) is 0 Å². The normalized spacial score (nSPS) is 12.4. The molecule has 2 aliphatic carbocycles. The summed E-state index contributed by atoms with van der Waals surface area (Å²) in [6.07, 6.45) is 2.21. The van der Waals surface area contributed by atoms with Crippen molar-refractivity contribution in [1.82, 2.24) is 0 Å². The maximum atomic E-state index is 2.35. The van der Waals surface area contributed by atoms with Crippen molar-refractivity contribution in [2.45, 2.75) is 54.4 Å². The molecule has 0 atom stereocenters. The monoisotopic (exact) mass is 416 g/mol. The van der Waals surface area contributed by atoms with Gasteiger partial charge >= 0.3 is 0 Å². The van der Waals surface area contributed by atoms with Crippen LogP contribution in [-0.4, -0.2) is 0 Å². The van der Waals surface area contributed by atoms with Gasteiger partial charge in [-0.05, 0) is 121 Å². The number of rotatable bonds is 0. The highest BCUT2D eigenvalue weighted by atomic mass is 14.2. The van der Waals surface area contributed by atoms with E-state index in [4.69, 9.17) is 0 Å². The highest BCUT2D eigenvalue weighted by Gasteiger charge is 2.19. The Bertz CT molecular complexity index is 1370. The van der Waals surface area contributed by atoms with Gasteiger partial charge in [0, 0.05) is 0 Å². The Morgan fingerprint density at radius 2 is 0.812 bits per heavy atom. The van der Waals surface area contributed by atoms with Crippen molar-refractivity contribution in [2.24, 2.45) is 0 Å². The van der Waals surface area contributed by atoms with Gasteiger partial charge in [0.2, 0.25) is 0 Å². The van der Waals surface area contributed by atoms with Crippen molar-refractivity contribution in [3.63, 3.8) is 0 Å². The van der Waals surface area contributed by atoms with Crippen molar-refractivity contribution in [3.8, 4) is 22.3 Å². The molecular weight excluding hydrogens is 384 g/mol. The van der Waals surface area contributed by atoms with Crippen LogP contribution in [0.3, 0.4) is 0 Å². The van der Waals surface area contributed by atoms with Crippen LogP contribution in [0.2, 0.25) is 0 Å². The van der Waals surface area contributed by atoms with E-state index >= 15 is 0 Å². The Labute approximate surface area is 193 Å². The largest absolute Gasteiger partial charge is 0.0590 e. The number of benzene rings is 4. The van der Waals surface area contributed by atoms with E-state index in [1.807, 2.05) is 0 Å². The molecule has 4 aromatic rings. The minimum absolute atomic E-state index is 1.10. The summed E-state index contributed by atoms with van der Waals surface area (Å²) in [7, 11) is 0. The summed E-state index contributed by atoms with van der Waals surface area (Å²) in [5, 5.41) is 0. The maximum absolute atomic E-state index is 2.35. The van der Waals surface area contributed by atoms with Crippen LogP contribution in [-0.2, 0) is 12.8 Å². The molecule has 0 amide bonds. The molecule has 6 rings (SSSR count). The van der Waals surface area contributed by atoms with Crippen molar-refractivity contribution >= 4 is 0 Å². The molecule has 0 saturated heterocycles. The summed E-state index contributed by atoms with van der Waals surface area (Å²) in [5.74, 6) is 0. The average Bonchev–Trinajstić information content (AvgIpc) is 3.26. The maximum Gasteiger partial charge on any atom is -0.00133 e. The molecule has 0 heterocycles. The zero-order valence-corrected chi connectivity index (χ0v) is 20.2. The van der Waals surface area contributed by atoms with Gasteiger partial charge in [-0.3, -0.25) is 0 Å². The number of fused-ring (bicyclic) bond motifs is 6. The molecule has 0 heteroatoms. The van der Waals surface area contributed by atoms with E-state index in [1.165, 1.54) is 77.9 Å². The second kappa shape index (κ2) is 7.78. The Hall–Kier alpha value is -3.12. The summed E-state index contributed by atoms with van der Waals surface area (Å²) in [5.41, 5.74) is 20.0. The zero-order chi connectivity index (χ0) is 22.6. The molecular formula is C32H32. The van der Waals surface area contributed by atoms with Gasteiger partial charge in [-0.1, -0.05) is 71.8 Å². The van der Waals surface area contributed by atoms with Crippen LogP contribution < -0.4 is 0 Å². The summed E-state index contributed by atoms with van der Waals surface area (Å²) < 4.78 is 0. The first kappa shape index (κ1) is 20.8. The minimum atomic E-state index is 1.10. The lowest BCUT2D eigenvalue weighted by Crippen LogP contribution is -1.86. The smallest absolute Gasteiger partial charge is 0.00133 e. The lowest BCUT2D eigenvalue weighted by molar-refractivity contribution is 1.22. The topological polar surface area (TPSA) is 0 Å². The SMILES string of the molecule is Cc1ccc2c(c1)-c1cc(C)c(C)cc1C2.Cc1ccc2c(c1)Cc1cc(C)c(C)cc1-2. The lowest BCUT2D eigenvalue weighted by atomic mass is 9.99. The highest BCUT2D eigenvalue weighted by molar-refractivity contribution is 5.79. The molecule has 0 aromatic heterocycles. The van der Waals surface area contributed by atoms with Crippen LogP contribution in [0.25, 0.3) is 22.3 Å². The van der Waals surface area contributed by atoms with E-state index in [0.717, 1.165) is 12.8 Å². The number of hydrogen-bond donors (Lipinski definition) is 0. The van der Waals surface area contributed by atoms with Gasteiger partial charge < -0.3 is 0 Å². The predicted molar refractivity (Wildman–Crippen MR) is 138 cm³/mol. The van der Waals surface area contributed by atoms with E-state index in [-0.39, 0.29) is 0 Å². The van der Waals surface area contributed by atoms with Crippen molar-refractivity contribution < 1.29 is 0 Å². The third-order valence-corrected chi connectivity index (χ3v) is 7.31. The zero-order valence-electron chi connectivity index (χ0n) is 20.2. The summed E-state index contributed by atoms with van der Waals surface area (Å²) in [6.45, 7) is 13.1. The van der Waals surface area contributed by atoms with Crippen LogP contribution in [0.5, 0.6) is 0 Å². The third-order valence-electron chi connectivity index (χ3n) is 7.31. The molecule has 0 nitrogen and oxygen atoms in total. The Balaban J connectivity index is 0.000000135. The van der Waals surface area contributed by atoms with Crippen LogP contribution in [0.1, 0.15) is 55.6 Å². The first-order valence-electron chi connectivity index (χ1n) is 11.7. The molecule has 0 aliphatic heterocycles. The molecule has 0 N–H and O–H groups in total. The van der Waals surface area contributed by atoms with Crippen molar-refractivity contribution in [2.75, 3.05) is 0 Å². The van der Waals surface area contributed by atoms with Gasteiger partial charge in [-0.15, -0.1) is 0 Å². The highest BCUT2D eigenvalue weighted by Crippen LogP contribution is 2.39. The van der Waals surface area contributed by atoms with Crippen LogP contribution in [0.15, 0.2) is 60.7 Å². The first-order valence-corrected chi connectivity index (χ1v) is 11.7. The van der Waals surface area contributed by atoms with Gasteiger partial charge in [-0.2, -0.15) is 0 Å². The molecule has 160 valence electrons. The Morgan fingerprint density at radius 3 is 1.47 bits per heavy atom. The van der Waals surface area contributed by atoms with Gasteiger partial charge in [-0.25, -0.2) is 0 Å². The fraction of sp³-hybridized carbons (Fsp3) is 0.250. The summed E-state index contributed by atoms with van der Waals surface area (Å²) >= 11 is 0. The van der Waals surface area contributed by atoms with Crippen molar-refractivity contribution in [3.05, 3.63) is 116 Å². The van der Waals surface area contributed by atoms with Gasteiger partial charge in [0.15, 0.2) is 0 Å². The Morgan fingerprint density at radius 1 is 0.375 bits per heavy atom. The van der Waals surface area contributed by atoms with E-state index in [2.05, 4.69) is 102 Å². The Kier molecular flexibility index (Phi) is 5.05. The van der Waals surface area contributed by atoms with Gasteiger partial charge in [0.05, 0.1) is 0 Å². The van der Waals surface area contributed by atoms with Crippen LogP contribution >= 0.6 is 0 Å². The second-order valence-corrected chi connectivity index (χ2v) is 9.86. The minimum Gasteiger partial charge on any atom is -0.0590 e. The molecule has 0 spiro atoms. The fourth-order valence-corrected chi connectivity index (χ4v) is 5.18. The molecule has 2 aliphatic rings. The first-order chi connectivity index (χ1) is 15.3. The molecule has 0 bridgehead atoms. The summed E-state index contributed by atoms with van der Waals surface area (Å²) in [6, 6.07) is 23.0. The van der Waals surface area contributed by atoms with E-state index in [9.17, 15) is 0 Å². The number of hydrogen-bond acceptors (Lipinski definition) is 0. The van der Waals surface area contributed by atoms with E-state index in [1.54, 1.807) is 0 Å². The predicted octanol–water partition coefficient (Wildman–Crippen LogP) is 8.37. The standard InChI is InChI=1S/2C16H16/c1-10-4-5-15-13(6-10)9-14-7-11(2)12(3)8-16(14)15;1-10-4-5-13-9-14-7-11(2)12(3)8-16(14)15(13)6-10/h2*4-8H,9H2,1-3H3. The molecule has 0 fully saturated rings. The molecule has 32 heavy (non-hydrogen) atoms. The van der Waals surface area contributed by atoms with Gasteiger partial charge in [0.1, 0.15) is 0 Å². The van der Waals surface area contributed by atoms with Crippen LogP contribution in [0.4, 0.5) is 0 Å². The third kappa shape index (κ3) is 3.58. The van der Waals surface area contributed by atoms with Crippen molar-refractivity contribution in [1.29, 1.82) is 0 Å². The molecule has 0 unspecified atom stereocenters. The number of aryl methyl sites for hydroxylation is 6. The quantitative estimate of drug-likeness (QED) is 0.233. The molecule has 0 saturated carbocycles. The second-order valence-electron chi connectivity index (χ2n) is 9.86.